The smallest absolute Gasteiger partial charge is 0.0730 e. The van der Waals surface area contributed by atoms with Gasteiger partial charge in [-0.1, -0.05) is 6.92 Å². The van der Waals surface area contributed by atoms with Crippen molar-refractivity contribution >= 4 is 0 Å². The van der Waals surface area contributed by atoms with Crippen molar-refractivity contribution in [3.8, 4) is 0 Å². The predicted octanol–water partition coefficient (Wildman–Crippen LogP) is 0.864. The molecular formula is C14H26N2O2. The Morgan fingerprint density at radius 1 is 1.28 bits per heavy atom. The van der Waals surface area contributed by atoms with E-state index < -0.39 is 0 Å². The lowest BCUT2D eigenvalue weighted by Crippen LogP contribution is -2.52. The highest BCUT2D eigenvalue weighted by Crippen LogP contribution is 2.30. The number of rotatable bonds is 4. The molecule has 0 aromatic heterocycles. The first-order chi connectivity index (χ1) is 8.88. The minimum Gasteiger partial charge on any atom is -0.379 e. The van der Waals surface area contributed by atoms with E-state index in [1.807, 2.05) is 0 Å². The first-order valence-electron chi connectivity index (χ1n) is 7.55. The first kappa shape index (κ1) is 12.9. The van der Waals surface area contributed by atoms with Crippen molar-refractivity contribution in [2.75, 3.05) is 39.5 Å². The van der Waals surface area contributed by atoms with E-state index in [1.54, 1.807) is 0 Å². The molecule has 3 fully saturated rings. The van der Waals surface area contributed by atoms with Crippen molar-refractivity contribution in [2.24, 2.45) is 5.92 Å². The van der Waals surface area contributed by atoms with Crippen LogP contribution in [-0.2, 0) is 9.47 Å². The molecule has 0 amide bonds. The van der Waals surface area contributed by atoms with Gasteiger partial charge in [-0.25, -0.2) is 0 Å². The Hall–Kier alpha value is -0.160. The number of hydrogen-bond donors (Lipinski definition) is 1. The zero-order chi connectivity index (χ0) is 12.4. The van der Waals surface area contributed by atoms with E-state index >= 15 is 0 Å². The average molecular weight is 254 g/mol. The Kier molecular flexibility index (Phi) is 4.19. The third-order valence-electron chi connectivity index (χ3n) is 4.73. The molecule has 2 saturated heterocycles. The van der Waals surface area contributed by atoms with E-state index in [9.17, 15) is 0 Å². The summed E-state index contributed by atoms with van der Waals surface area (Å²) in [6.45, 7) is 8.24. The fraction of sp³-hybridized carbons (Fsp3) is 1.00. The van der Waals surface area contributed by atoms with Crippen molar-refractivity contribution in [1.29, 1.82) is 0 Å². The van der Waals surface area contributed by atoms with Crippen molar-refractivity contribution in [3.05, 3.63) is 0 Å². The van der Waals surface area contributed by atoms with Crippen LogP contribution in [-0.4, -0.2) is 62.5 Å². The normalized spacial score (nSPS) is 41.2. The molecule has 0 aromatic carbocycles. The largest absolute Gasteiger partial charge is 0.379 e. The topological polar surface area (TPSA) is 33.7 Å². The summed E-state index contributed by atoms with van der Waals surface area (Å²) in [5.41, 5.74) is 0. The third kappa shape index (κ3) is 2.57. The Bertz CT molecular complexity index is 275. The molecule has 0 radical (unpaired) electrons. The number of nitrogens with zero attached hydrogens (tertiary/aromatic N) is 1. The van der Waals surface area contributed by atoms with Crippen LogP contribution < -0.4 is 5.32 Å². The summed E-state index contributed by atoms with van der Waals surface area (Å²) in [7, 11) is 0. The Balaban J connectivity index is 1.57. The zero-order valence-electron chi connectivity index (χ0n) is 11.4. The Morgan fingerprint density at radius 3 is 3.11 bits per heavy atom. The maximum Gasteiger partial charge on any atom is 0.0730 e. The molecule has 1 aliphatic carbocycles. The summed E-state index contributed by atoms with van der Waals surface area (Å²) in [5, 5.41) is 3.56. The van der Waals surface area contributed by atoms with E-state index in [0.717, 1.165) is 32.9 Å². The van der Waals surface area contributed by atoms with Crippen LogP contribution >= 0.6 is 0 Å². The molecule has 18 heavy (non-hydrogen) atoms. The lowest BCUT2D eigenvalue weighted by molar-refractivity contribution is -0.0610. The van der Waals surface area contributed by atoms with Gasteiger partial charge in [0.2, 0.25) is 0 Å². The summed E-state index contributed by atoms with van der Waals surface area (Å²) < 4.78 is 11.5. The fourth-order valence-electron chi connectivity index (χ4n) is 3.80. The quantitative estimate of drug-likeness (QED) is 0.807. The summed E-state index contributed by atoms with van der Waals surface area (Å²) in [6.07, 6.45) is 4.44. The number of fused-ring (bicyclic) bond motifs is 1. The van der Waals surface area contributed by atoms with E-state index in [4.69, 9.17) is 9.47 Å². The van der Waals surface area contributed by atoms with E-state index in [-0.39, 0.29) is 0 Å². The van der Waals surface area contributed by atoms with Crippen molar-refractivity contribution in [1.82, 2.24) is 10.2 Å². The van der Waals surface area contributed by atoms with Gasteiger partial charge in [-0.3, -0.25) is 4.90 Å². The van der Waals surface area contributed by atoms with Crippen LogP contribution in [0.25, 0.3) is 0 Å². The molecule has 1 saturated carbocycles. The molecule has 0 aromatic rings. The van der Waals surface area contributed by atoms with Crippen LogP contribution in [0.5, 0.6) is 0 Å². The van der Waals surface area contributed by atoms with Crippen molar-refractivity contribution in [2.45, 2.75) is 44.4 Å². The summed E-state index contributed by atoms with van der Waals surface area (Å²) in [6, 6.07) is 1.24. The van der Waals surface area contributed by atoms with Crippen LogP contribution in [0, 0.1) is 5.92 Å². The summed E-state index contributed by atoms with van der Waals surface area (Å²) in [4.78, 5) is 2.67. The summed E-state index contributed by atoms with van der Waals surface area (Å²) in [5.74, 6) is 0.657. The monoisotopic (exact) mass is 254 g/mol. The van der Waals surface area contributed by atoms with E-state index in [1.165, 1.54) is 25.8 Å². The zero-order valence-corrected chi connectivity index (χ0v) is 11.4. The maximum atomic E-state index is 5.88. The minimum atomic E-state index is 0.513. The molecule has 1 N–H and O–H groups in total. The molecule has 4 atom stereocenters. The van der Waals surface area contributed by atoms with Crippen LogP contribution in [0.3, 0.4) is 0 Å². The highest BCUT2D eigenvalue weighted by atomic mass is 16.5. The SMILES string of the molecule is CCNC1COCC1CN1CCOC2CCCC21. The Morgan fingerprint density at radius 2 is 2.22 bits per heavy atom. The Labute approximate surface area is 110 Å². The highest BCUT2D eigenvalue weighted by Gasteiger charge is 2.38. The molecule has 104 valence electrons. The molecule has 0 spiro atoms. The van der Waals surface area contributed by atoms with Gasteiger partial charge in [-0.2, -0.15) is 0 Å². The number of hydrogen-bond acceptors (Lipinski definition) is 4. The second-order valence-corrected chi connectivity index (χ2v) is 5.86. The molecular weight excluding hydrogens is 228 g/mol. The fourth-order valence-corrected chi connectivity index (χ4v) is 3.80. The number of morpholine rings is 1. The van der Waals surface area contributed by atoms with Gasteiger partial charge in [0.25, 0.3) is 0 Å². The van der Waals surface area contributed by atoms with Gasteiger partial charge in [-0.15, -0.1) is 0 Å². The molecule has 2 aliphatic heterocycles. The lowest BCUT2D eigenvalue weighted by atomic mass is 10.0. The van der Waals surface area contributed by atoms with Crippen LogP contribution in [0.2, 0.25) is 0 Å². The van der Waals surface area contributed by atoms with Crippen LogP contribution in [0.1, 0.15) is 26.2 Å². The summed E-state index contributed by atoms with van der Waals surface area (Å²) >= 11 is 0. The van der Waals surface area contributed by atoms with Gasteiger partial charge in [0.15, 0.2) is 0 Å². The van der Waals surface area contributed by atoms with Gasteiger partial charge in [0, 0.05) is 31.1 Å². The molecule has 4 nitrogen and oxygen atoms in total. The van der Waals surface area contributed by atoms with Gasteiger partial charge >= 0.3 is 0 Å². The first-order valence-corrected chi connectivity index (χ1v) is 7.55. The third-order valence-corrected chi connectivity index (χ3v) is 4.73. The number of ether oxygens (including phenoxy) is 2. The average Bonchev–Trinajstić information content (AvgIpc) is 3.00. The number of likely N-dealkylation sites (N-methyl/N-ethyl adjacent to an activating group) is 1. The van der Waals surface area contributed by atoms with Crippen molar-refractivity contribution in [3.63, 3.8) is 0 Å². The van der Waals surface area contributed by atoms with Crippen LogP contribution in [0.15, 0.2) is 0 Å². The standard InChI is InChI=1S/C14H26N2O2/c1-2-15-12-10-17-9-11(12)8-16-6-7-18-14-5-3-4-13(14)16/h11-15H,2-10H2,1H3. The van der Waals surface area contributed by atoms with Crippen molar-refractivity contribution < 1.29 is 9.47 Å². The van der Waals surface area contributed by atoms with Gasteiger partial charge in [0.05, 0.1) is 25.9 Å². The number of nitrogens with one attached hydrogen (secondary N) is 1. The van der Waals surface area contributed by atoms with E-state index in [0.29, 0.717) is 24.1 Å². The highest BCUT2D eigenvalue weighted by molar-refractivity contribution is 4.92. The molecule has 0 bridgehead atoms. The molecule has 3 aliphatic rings. The maximum absolute atomic E-state index is 5.88. The van der Waals surface area contributed by atoms with E-state index in [2.05, 4.69) is 17.1 Å². The predicted molar refractivity (Wildman–Crippen MR) is 70.7 cm³/mol. The van der Waals surface area contributed by atoms with Gasteiger partial charge in [-0.05, 0) is 25.8 Å². The van der Waals surface area contributed by atoms with Gasteiger partial charge in [0.1, 0.15) is 0 Å². The van der Waals surface area contributed by atoms with Gasteiger partial charge < -0.3 is 14.8 Å². The molecule has 3 rings (SSSR count). The lowest BCUT2D eigenvalue weighted by Gasteiger charge is -2.39. The molecule has 4 heteroatoms. The minimum absolute atomic E-state index is 0.513. The molecule has 4 unspecified atom stereocenters. The van der Waals surface area contributed by atoms with Crippen LogP contribution in [0.4, 0.5) is 0 Å². The molecule has 2 heterocycles. The second-order valence-electron chi connectivity index (χ2n) is 5.86. The second kappa shape index (κ2) is 5.87.